The van der Waals surface area contributed by atoms with Crippen molar-refractivity contribution >= 4 is 17.5 Å². The van der Waals surface area contributed by atoms with E-state index in [-0.39, 0.29) is 29.8 Å². The number of para-hydroxylation sites is 1. The Balaban J connectivity index is 1.59. The quantitative estimate of drug-likeness (QED) is 0.553. The number of nitrogens with two attached hydrogens (primary N) is 1. The first-order valence-electron chi connectivity index (χ1n) is 11.9. The van der Waals surface area contributed by atoms with Crippen LogP contribution in [0, 0.1) is 11.3 Å². The van der Waals surface area contributed by atoms with Crippen molar-refractivity contribution in [2.45, 2.75) is 52.5 Å². The average Bonchev–Trinajstić information content (AvgIpc) is 2.84. The van der Waals surface area contributed by atoms with Gasteiger partial charge in [0.25, 0.3) is 5.91 Å². The number of ether oxygens (including phenoxy) is 1. The van der Waals surface area contributed by atoms with Crippen molar-refractivity contribution in [2.75, 3.05) is 25.0 Å². The number of nitrogens with zero attached hydrogens (tertiary/aromatic N) is 1. The molecule has 0 aromatic heterocycles. The van der Waals surface area contributed by atoms with Gasteiger partial charge in [-0.05, 0) is 54.6 Å². The molecule has 178 valence electrons. The summed E-state index contributed by atoms with van der Waals surface area (Å²) in [4.78, 5) is 27.5. The second-order valence-corrected chi connectivity index (χ2v) is 9.74. The van der Waals surface area contributed by atoms with Gasteiger partial charge in [-0.1, -0.05) is 63.4 Å². The number of hydrogen-bond donors (Lipinski definition) is 2. The second-order valence-electron chi connectivity index (χ2n) is 9.74. The maximum absolute atomic E-state index is 13.3. The Morgan fingerprint density at radius 3 is 2.33 bits per heavy atom. The molecule has 6 nitrogen and oxygen atoms in total. The third-order valence-electron chi connectivity index (χ3n) is 6.16. The van der Waals surface area contributed by atoms with E-state index in [0.29, 0.717) is 31.1 Å². The van der Waals surface area contributed by atoms with Crippen LogP contribution in [0.3, 0.4) is 0 Å². The lowest BCUT2D eigenvalue weighted by molar-refractivity contribution is -0.138. The largest absolute Gasteiger partial charge is 0.484 e. The summed E-state index contributed by atoms with van der Waals surface area (Å²) in [6.45, 7) is 5.86. The van der Waals surface area contributed by atoms with Crippen LogP contribution in [0.2, 0.25) is 0 Å². The van der Waals surface area contributed by atoms with E-state index in [0.717, 1.165) is 31.2 Å². The van der Waals surface area contributed by atoms with Crippen molar-refractivity contribution in [1.29, 1.82) is 0 Å². The highest BCUT2D eigenvalue weighted by molar-refractivity contribution is 5.91. The average molecular weight is 452 g/mol. The minimum atomic E-state index is -0.217. The number of benzene rings is 2. The van der Waals surface area contributed by atoms with Gasteiger partial charge in [0.05, 0.1) is 0 Å². The Bertz CT molecular complexity index is 891. The summed E-state index contributed by atoms with van der Waals surface area (Å²) < 4.78 is 5.49. The van der Waals surface area contributed by atoms with Crippen molar-refractivity contribution in [3.8, 4) is 5.75 Å². The molecule has 0 saturated heterocycles. The normalized spacial score (nSPS) is 14.5. The van der Waals surface area contributed by atoms with E-state index in [1.807, 2.05) is 59.5 Å². The molecule has 1 aliphatic rings. The van der Waals surface area contributed by atoms with E-state index in [1.54, 1.807) is 0 Å². The molecule has 0 unspecified atom stereocenters. The molecule has 1 aliphatic carbocycles. The molecule has 2 amide bonds. The summed E-state index contributed by atoms with van der Waals surface area (Å²) >= 11 is 0. The molecular formula is C27H37N3O3. The third-order valence-corrected chi connectivity index (χ3v) is 6.16. The molecule has 1 fully saturated rings. The van der Waals surface area contributed by atoms with Crippen molar-refractivity contribution in [1.82, 2.24) is 4.90 Å². The van der Waals surface area contributed by atoms with Crippen LogP contribution in [0.15, 0.2) is 54.6 Å². The van der Waals surface area contributed by atoms with Gasteiger partial charge >= 0.3 is 0 Å². The summed E-state index contributed by atoms with van der Waals surface area (Å²) in [7, 11) is 0. The molecule has 0 heterocycles. The molecule has 3 rings (SSSR count). The van der Waals surface area contributed by atoms with Crippen LogP contribution in [0.5, 0.6) is 5.75 Å². The number of anilines is 1. The molecule has 1 saturated carbocycles. The zero-order chi connectivity index (χ0) is 23.7. The Kier molecular flexibility index (Phi) is 8.89. The molecule has 0 spiro atoms. The topological polar surface area (TPSA) is 84.7 Å². The summed E-state index contributed by atoms with van der Waals surface area (Å²) in [6.07, 6.45) is 5.45. The van der Waals surface area contributed by atoms with Gasteiger partial charge in [-0.25, -0.2) is 0 Å². The van der Waals surface area contributed by atoms with E-state index in [4.69, 9.17) is 10.5 Å². The highest BCUT2D eigenvalue weighted by Gasteiger charge is 2.29. The van der Waals surface area contributed by atoms with Crippen molar-refractivity contribution in [3.05, 3.63) is 60.2 Å². The van der Waals surface area contributed by atoms with E-state index < -0.39 is 0 Å². The monoisotopic (exact) mass is 451 g/mol. The van der Waals surface area contributed by atoms with E-state index in [1.165, 1.54) is 6.42 Å². The fraction of sp³-hybridized carbons (Fsp3) is 0.481. The standard InChI is InChI=1S/C27H37N3O3/c1-27(2,19-28)20-30(26(32)22-9-5-3-6-10-22)17-21-13-15-23(16-14-21)29-25(31)18-33-24-11-7-4-8-12-24/h4,7-8,11-16,22H,3,5-6,9-10,17-20,28H2,1-2H3,(H,29,31). The van der Waals surface area contributed by atoms with Crippen molar-refractivity contribution in [2.24, 2.45) is 17.1 Å². The van der Waals surface area contributed by atoms with Gasteiger partial charge < -0.3 is 20.7 Å². The maximum Gasteiger partial charge on any atom is 0.262 e. The van der Waals surface area contributed by atoms with Crippen molar-refractivity contribution in [3.63, 3.8) is 0 Å². The SMILES string of the molecule is CC(C)(CN)CN(Cc1ccc(NC(=O)COc2ccccc2)cc1)C(=O)C1CCCCC1. The first kappa shape index (κ1) is 24.8. The first-order valence-corrected chi connectivity index (χ1v) is 11.9. The smallest absolute Gasteiger partial charge is 0.262 e. The van der Waals surface area contributed by atoms with E-state index in [2.05, 4.69) is 19.2 Å². The Morgan fingerprint density at radius 2 is 1.70 bits per heavy atom. The Labute approximate surface area is 197 Å². The van der Waals surface area contributed by atoms with Crippen LogP contribution in [0.25, 0.3) is 0 Å². The summed E-state index contributed by atoms with van der Waals surface area (Å²) in [5, 5.41) is 2.85. The molecule has 0 bridgehead atoms. The highest BCUT2D eigenvalue weighted by Crippen LogP contribution is 2.28. The summed E-state index contributed by atoms with van der Waals surface area (Å²) in [5.74, 6) is 0.804. The fourth-order valence-electron chi connectivity index (χ4n) is 4.18. The first-order chi connectivity index (χ1) is 15.9. The Hall–Kier alpha value is -2.86. The van der Waals surface area contributed by atoms with Crippen LogP contribution in [-0.2, 0) is 16.1 Å². The van der Waals surface area contributed by atoms with Gasteiger partial charge in [-0.3, -0.25) is 9.59 Å². The second kappa shape index (κ2) is 11.8. The molecule has 6 heteroatoms. The van der Waals surface area contributed by atoms with Gasteiger partial charge in [0.1, 0.15) is 5.75 Å². The summed E-state index contributed by atoms with van der Waals surface area (Å²) in [5.41, 5.74) is 7.56. The molecule has 0 aliphatic heterocycles. The minimum absolute atomic E-state index is 0.0520. The molecule has 3 N–H and O–H groups in total. The van der Waals surface area contributed by atoms with Gasteiger partial charge in [0.2, 0.25) is 5.91 Å². The zero-order valence-corrected chi connectivity index (χ0v) is 19.9. The summed E-state index contributed by atoms with van der Waals surface area (Å²) in [6, 6.07) is 16.9. The maximum atomic E-state index is 13.3. The van der Waals surface area contributed by atoms with E-state index >= 15 is 0 Å². The number of hydrogen-bond acceptors (Lipinski definition) is 4. The molecule has 0 atom stereocenters. The van der Waals surface area contributed by atoms with E-state index in [9.17, 15) is 9.59 Å². The predicted molar refractivity (Wildman–Crippen MR) is 132 cm³/mol. The van der Waals surface area contributed by atoms with Crippen LogP contribution in [0.4, 0.5) is 5.69 Å². The number of carbonyl (C=O) groups excluding carboxylic acids is 2. The molecule has 0 radical (unpaired) electrons. The van der Waals surface area contributed by atoms with Crippen LogP contribution < -0.4 is 15.8 Å². The molecule has 2 aromatic carbocycles. The Morgan fingerprint density at radius 1 is 1.03 bits per heavy atom. The predicted octanol–water partition coefficient (Wildman–Crippen LogP) is 4.60. The molecular weight excluding hydrogens is 414 g/mol. The van der Waals surface area contributed by atoms with Crippen LogP contribution in [-0.4, -0.2) is 36.4 Å². The highest BCUT2D eigenvalue weighted by atomic mass is 16.5. The van der Waals surface area contributed by atoms with Crippen LogP contribution >= 0.6 is 0 Å². The van der Waals surface area contributed by atoms with Gasteiger partial charge in [-0.15, -0.1) is 0 Å². The number of nitrogens with one attached hydrogen (secondary N) is 1. The number of amides is 2. The minimum Gasteiger partial charge on any atom is -0.484 e. The number of rotatable bonds is 10. The lowest BCUT2D eigenvalue weighted by Gasteiger charge is -2.35. The van der Waals surface area contributed by atoms with Gasteiger partial charge in [0.15, 0.2) is 6.61 Å². The van der Waals surface area contributed by atoms with Gasteiger partial charge in [-0.2, -0.15) is 0 Å². The van der Waals surface area contributed by atoms with Gasteiger partial charge in [0, 0.05) is 24.7 Å². The number of carbonyl (C=O) groups is 2. The third kappa shape index (κ3) is 7.90. The lowest BCUT2D eigenvalue weighted by atomic mass is 9.87. The van der Waals surface area contributed by atoms with Crippen LogP contribution in [0.1, 0.15) is 51.5 Å². The fourth-order valence-corrected chi connectivity index (χ4v) is 4.18. The molecule has 33 heavy (non-hydrogen) atoms. The zero-order valence-electron chi connectivity index (χ0n) is 19.9. The van der Waals surface area contributed by atoms with Crippen molar-refractivity contribution < 1.29 is 14.3 Å². The molecule has 2 aromatic rings. The lowest BCUT2D eigenvalue weighted by Crippen LogP contribution is -2.44.